The van der Waals surface area contributed by atoms with E-state index in [1.54, 1.807) is 19.1 Å². The van der Waals surface area contributed by atoms with Crippen LogP contribution in [0.1, 0.15) is 6.92 Å². The van der Waals surface area contributed by atoms with Gasteiger partial charge in [0.15, 0.2) is 6.10 Å². The molecule has 0 fully saturated rings. The summed E-state index contributed by atoms with van der Waals surface area (Å²) in [6, 6.07) is 19.7. The number of nitrogens with zero attached hydrogens (tertiary/aromatic N) is 1. The zero-order valence-electron chi connectivity index (χ0n) is 17.7. The van der Waals surface area contributed by atoms with E-state index in [0.717, 1.165) is 15.1 Å². The molecular formula is C23H26N2O5S. The van der Waals surface area contributed by atoms with Crippen LogP contribution in [0.15, 0.2) is 71.6 Å². The number of amides is 1. The number of hydrogen-bond acceptors (Lipinski definition) is 5. The van der Waals surface area contributed by atoms with Gasteiger partial charge in [-0.25, -0.2) is 12.7 Å². The van der Waals surface area contributed by atoms with Gasteiger partial charge in [0.1, 0.15) is 18.1 Å². The fourth-order valence-electron chi connectivity index (χ4n) is 2.95. The SMILES string of the molecule is C[C@@H](Oc1cccc2ccccc12)C(=O)NCCOc1ccc(S(=O)(=O)N(C)C)cc1. The molecule has 0 aliphatic heterocycles. The first-order valence-corrected chi connectivity index (χ1v) is 11.3. The number of nitrogens with one attached hydrogen (secondary N) is 1. The minimum absolute atomic E-state index is 0.192. The standard InChI is InChI=1S/C23H26N2O5S/c1-17(30-22-10-6-8-18-7-4-5-9-21(18)22)23(26)24-15-16-29-19-11-13-20(14-12-19)31(27,28)25(2)3/h4-14,17H,15-16H2,1-3H3,(H,24,26)/t17-/m1/s1. The molecule has 0 unspecified atom stereocenters. The second-order valence-electron chi connectivity index (χ2n) is 7.14. The highest BCUT2D eigenvalue weighted by atomic mass is 32.2. The Labute approximate surface area is 182 Å². The van der Waals surface area contributed by atoms with E-state index >= 15 is 0 Å². The number of carbonyl (C=O) groups is 1. The van der Waals surface area contributed by atoms with Crippen molar-refractivity contribution in [3.63, 3.8) is 0 Å². The van der Waals surface area contributed by atoms with E-state index in [9.17, 15) is 13.2 Å². The predicted octanol–water partition coefficient (Wildman–Crippen LogP) is 3.05. The van der Waals surface area contributed by atoms with Gasteiger partial charge >= 0.3 is 0 Å². The van der Waals surface area contributed by atoms with Gasteiger partial charge in [-0.15, -0.1) is 0 Å². The summed E-state index contributed by atoms with van der Waals surface area (Å²) in [7, 11) is -0.513. The third-order valence-electron chi connectivity index (χ3n) is 4.69. The molecule has 3 rings (SSSR count). The van der Waals surface area contributed by atoms with E-state index in [4.69, 9.17) is 9.47 Å². The Hall–Kier alpha value is -3.10. The van der Waals surface area contributed by atoms with Gasteiger partial charge in [-0.1, -0.05) is 36.4 Å². The van der Waals surface area contributed by atoms with Crippen molar-refractivity contribution in [2.24, 2.45) is 0 Å². The number of rotatable bonds is 9. The van der Waals surface area contributed by atoms with Crippen molar-refractivity contribution >= 4 is 26.7 Å². The van der Waals surface area contributed by atoms with Crippen LogP contribution in [0.3, 0.4) is 0 Å². The molecule has 0 saturated heterocycles. The largest absolute Gasteiger partial charge is 0.492 e. The van der Waals surface area contributed by atoms with Crippen molar-refractivity contribution in [2.75, 3.05) is 27.2 Å². The Bertz CT molecular complexity index is 1140. The minimum Gasteiger partial charge on any atom is -0.492 e. The number of carbonyl (C=O) groups excluding carboxylic acids is 1. The monoisotopic (exact) mass is 442 g/mol. The summed E-state index contributed by atoms with van der Waals surface area (Å²) in [5, 5.41) is 4.78. The van der Waals surface area contributed by atoms with Gasteiger partial charge in [0.05, 0.1) is 11.4 Å². The van der Waals surface area contributed by atoms with Crippen LogP contribution >= 0.6 is 0 Å². The second-order valence-corrected chi connectivity index (χ2v) is 9.29. The molecule has 3 aromatic carbocycles. The van der Waals surface area contributed by atoms with E-state index in [1.165, 1.54) is 26.2 Å². The summed E-state index contributed by atoms with van der Waals surface area (Å²) < 4.78 is 36.7. The van der Waals surface area contributed by atoms with Crippen LogP contribution in [0.4, 0.5) is 0 Å². The van der Waals surface area contributed by atoms with Crippen molar-refractivity contribution in [1.82, 2.24) is 9.62 Å². The predicted molar refractivity (Wildman–Crippen MR) is 120 cm³/mol. The zero-order valence-corrected chi connectivity index (χ0v) is 18.6. The fraction of sp³-hybridized carbons (Fsp3) is 0.261. The minimum atomic E-state index is -3.47. The highest BCUT2D eigenvalue weighted by Gasteiger charge is 2.17. The summed E-state index contributed by atoms with van der Waals surface area (Å²) in [6.45, 7) is 2.23. The first-order valence-electron chi connectivity index (χ1n) is 9.86. The van der Waals surface area contributed by atoms with Crippen LogP contribution in [-0.4, -0.2) is 52.0 Å². The molecule has 0 aliphatic rings. The number of ether oxygens (including phenoxy) is 2. The summed E-state index contributed by atoms with van der Waals surface area (Å²) >= 11 is 0. The van der Waals surface area contributed by atoms with Crippen molar-refractivity contribution in [2.45, 2.75) is 17.9 Å². The van der Waals surface area contributed by atoms with Gasteiger partial charge < -0.3 is 14.8 Å². The maximum Gasteiger partial charge on any atom is 0.260 e. The summed E-state index contributed by atoms with van der Waals surface area (Å²) in [5.74, 6) is 0.931. The fourth-order valence-corrected chi connectivity index (χ4v) is 3.85. The molecule has 0 spiro atoms. The average molecular weight is 443 g/mol. The van der Waals surface area contributed by atoms with Crippen LogP contribution in [0, 0.1) is 0 Å². The van der Waals surface area contributed by atoms with Crippen LogP contribution < -0.4 is 14.8 Å². The molecular weight excluding hydrogens is 416 g/mol. The molecule has 1 atom stereocenters. The highest BCUT2D eigenvalue weighted by Crippen LogP contribution is 2.26. The van der Waals surface area contributed by atoms with Crippen molar-refractivity contribution < 1.29 is 22.7 Å². The molecule has 31 heavy (non-hydrogen) atoms. The van der Waals surface area contributed by atoms with Crippen LogP contribution in [0.5, 0.6) is 11.5 Å². The van der Waals surface area contributed by atoms with Gasteiger partial charge in [0, 0.05) is 19.5 Å². The number of fused-ring (bicyclic) bond motifs is 1. The summed E-state index contributed by atoms with van der Waals surface area (Å²) in [4.78, 5) is 12.5. The summed E-state index contributed by atoms with van der Waals surface area (Å²) in [5.41, 5.74) is 0. The molecule has 0 radical (unpaired) electrons. The first-order chi connectivity index (χ1) is 14.8. The van der Waals surface area contributed by atoms with Crippen LogP contribution in [-0.2, 0) is 14.8 Å². The zero-order chi connectivity index (χ0) is 22.4. The third-order valence-corrected chi connectivity index (χ3v) is 6.52. The van der Waals surface area contributed by atoms with E-state index in [2.05, 4.69) is 5.32 Å². The molecule has 7 nitrogen and oxygen atoms in total. The molecule has 1 amide bonds. The average Bonchev–Trinajstić information content (AvgIpc) is 2.77. The van der Waals surface area contributed by atoms with E-state index in [1.807, 2.05) is 42.5 Å². The van der Waals surface area contributed by atoms with E-state index < -0.39 is 16.1 Å². The van der Waals surface area contributed by atoms with Crippen LogP contribution in [0.25, 0.3) is 10.8 Å². The van der Waals surface area contributed by atoms with Gasteiger partial charge in [0.2, 0.25) is 10.0 Å². The Morgan fingerprint density at radius 2 is 1.68 bits per heavy atom. The molecule has 164 valence electrons. The number of benzene rings is 3. The van der Waals surface area contributed by atoms with Gasteiger partial charge in [-0.3, -0.25) is 4.79 Å². The lowest BCUT2D eigenvalue weighted by molar-refractivity contribution is -0.127. The quantitative estimate of drug-likeness (QED) is 0.515. The molecule has 3 aromatic rings. The summed E-state index contributed by atoms with van der Waals surface area (Å²) in [6.07, 6.45) is -0.665. The van der Waals surface area contributed by atoms with Crippen molar-refractivity contribution in [3.05, 3.63) is 66.7 Å². The Kier molecular flexibility index (Phi) is 7.14. The molecule has 1 N–H and O–H groups in total. The number of sulfonamides is 1. The normalized spacial score (nSPS) is 12.5. The van der Waals surface area contributed by atoms with E-state index in [0.29, 0.717) is 18.0 Å². The first kappa shape index (κ1) is 22.6. The molecule has 0 aromatic heterocycles. The van der Waals surface area contributed by atoms with Crippen molar-refractivity contribution in [3.8, 4) is 11.5 Å². The molecule has 0 aliphatic carbocycles. The maximum atomic E-state index is 12.4. The van der Waals surface area contributed by atoms with Gasteiger partial charge in [0.25, 0.3) is 5.91 Å². The topological polar surface area (TPSA) is 84.9 Å². The lowest BCUT2D eigenvalue weighted by atomic mass is 10.1. The van der Waals surface area contributed by atoms with Crippen molar-refractivity contribution in [1.29, 1.82) is 0 Å². The van der Waals surface area contributed by atoms with Gasteiger partial charge in [-0.05, 0) is 42.6 Å². The van der Waals surface area contributed by atoms with Gasteiger partial charge in [-0.2, -0.15) is 0 Å². The second kappa shape index (κ2) is 9.80. The smallest absolute Gasteiger partial charge is 0.260 e. The Morgan fingerprint density at radius 1 is 1.00 bits per heavy atom. The molecule has 0 saturated carbocycles. The lowest BCUT2D eigenvalue weighted by Gasteiger charge is -2.16. The molecule has 0 heterocycles. The van der Waals surface area contributed by atoms with E-state index in [-0.39, 0.29) is 17.4 Å². The third kappa shape index (κ3) is 5.53. The highest BCUT2D eigenvalue weighted by molar-refractivity contribution is 7.89. The lowest BCUT2D eigenvalue weighted by Crippen LogP contribution is -2.38. The molecule has 8 heteroatoms. The molecule has 0 bridgehead atoms. The Morgan fingerprint density at radius 3 is 2.39 bits per heavy atom. The number of hydrogen-bond donors (Lipinski definition) is 1. The Balaban J connectivity index is 1.48. The van der Waals surface area contributed by atoms with Crippen LogP contribution in [0.2, 0.25) is 0 Å². The maximum absolute atomic E-state index is 12.4.